The molecule has 1 N–H and O–H groups in total. The molecule has 3 rings (SSSR count). The molecule has 180 valence electrons. The molecule has 1 heterocycles. The number of ketones is 1. The maximum Gasteiger partial charge on any atom is 0.336 e. The lowest BCUT2D eigenvalue weighted by molar-refractivity contribution is -0.384. The number of nitrogens with zero attached hydrogens (tertiary/aromatic N) is 1. The van der Waals surface area contributed by atoms with Gasteiger partial charge in [0.25, 0.3) is 5.69 Å². The molecule has 0 saturated carbocycles. The van der Waals surface area contributed by atoms with E-state index in [0.29, 0.717) is 16.8 Å². The van der Waals surface area contributed by atoms with E-state index in [2.05, 4.69) is 11.0 Å². The van der Waals surface area contributed by atoms with Crippen molar-refractivity contribution in [1.82, 2.24) is 5.32 Å². The molecule has 0 radical (unpaired) electrons. The maximum absolute atomic E-state index is 13.2. The molecule has 9 nitrogen and oxygen atoms in total. The van der Waals surface area contributed by atoms with Crippen LogP contribution in [0.5, 0.6) is 0 Å². The Morgan fingerprint density at radius 3 is 2.49 bits per heavy atom. The fourth-order valence-electron chi connectivity index (χ4n) is 3.94. The highest BCUT2D eigenvalue weighted by molar-refractivity contribution is 6.04. The number of hydrogen-bond donors (Lipinski definition) is 1. The van der Waals surface area contributed by atoms with Crippen molar-refractivity contribution in [2.75, 3.05) is 13.7 Å². The van der Waals surface area contributed by atoms with Gasteiger partial charge in [-0.05, 0) is 19.4 Å². The third-order valence-corrected chi connectivity index (χ3v) is 5.48. The Balaban J connectivity index is 2.23. The van der Waals surface area contributed by atoms with Crippen LogP contribution in [-0.4, -0.2) is 36.4 Å². The van der Waals surface area contributed by atoms with Crippen LogP contribution in [0.15, 0.2) is 83.4 Å². The molecule has 9 heteroatoms. The second-order valence-corrected chi connectivity index (χ2v) is 7.65. The molecule has 2 aromatic rings. The normalized spacial score (nSPS) is 17.1. The molecule has 0 saturated heterocycles. The number of methoxy groups -OCH3 is 1. The van der Waals surface area contributed by atoms with E-state index in [-0.39, 0.29) is 29.3 Å². The number of nitro benzene ring substituents is 1. The van der Waals surface area contributed by atoms with Gasteiger partial charge >= 0.3 is 11.9 Å². The van der Waals surface area contributed by atoms with E-state index >= 15 is 0 Å². The molecule has 0 amide bonds. The van der Waals surface area contributed by atoms with Gasteiger partial charge in [0.15, 0.2) is 5.78 Å². The summed E-state index contributed by atoms with van der Waals surface area (Å²) in [5.41, 5.74) is 4.10. The highest BCUT2D eigenvalue weighted by Gasteiger charge is 2.44. The van der Waals surface area contributed by atoms with Crippen LogP contribution in [0.4, 0.5) is 5.69 Å². The molecule has 35 heavy (non-hydrogen) atoms. The van der Waals surface area contributed by atoms with Gasteiger partial charge in [0, 0.05) is 35.4 Å². The molecule has 1 aliphatic rings. The SMILES string of the molecule is CCOC(=O)C1C(=C=CC(=O)c2ccccc2)NC(C)=C(C(=O)OC)C1c1cccc([N+](=O)[O-])c1. The van der Waals surface area contributed by atoms with Gasteiger partial charge in [-0.25, -0.2) is 4.79 Å². The molecule has 2 atom stereocenters. The molecule has 1 aliphatic heterocycles. The smallest absolute Gasteiger partial charge is 0.336 e. The molecule has 0 spiro atoms. The predicted molar refractivity (Wildman–Crippen MR) is 126 cm³/mol. The molecule has 0 bridgehead atoms. The summed E-state index contributed by atoms with van der Waals surface area (Å²) in [4.78, 5) is 49.4. The van der Waals surface area contributed by atoms with Crippen molar-refractivity contribution in [2.24, 2.45) is 5.92 Å². The first-order chi connectivity index (χ1) is 16.8. The lowest BCUT2D eigenvalue weighted by Gasteiger charge is -2.34. The highest BCUT2D eigenvalue weighted by Crippen LogP contribution is 2.42. The first kappa shape index (κ1) is 25.1. The summed E-state index contributed by atoms with van der Waals surface area (Å²) in [6.45, 7) is 3.31. The molecular weight excluding hydrogens is 452 g/mol. The van der Waals surface area contributed by atoms with E-state index in [9.17, 15) is 24.5 Å². The molecule has 0 aromatic heterocycles. The number of rotatable bonds is 7. The minimum absolute atomic E-state index is 0.0627. The predicted octanol–water partition coefficient (Wildman–Crippen LogP) is 3.83. The standard InChI is InChI=1S/C26H24N2O7/c1-4-35-26(31)24-20(13-14-21(29)17-9-6-5-7-10-17)27-16(2)22(25(30)34-3)23(24)18-11-8-12-19(15-18)28(32)33/h5-12,14-15,23-24,27H,4H2,1-3H3. The molecule has 0 fully saturated rings. The summed E-state index contributed by atoms with van der Waals surface area (Å²) >= 11 is 0. The fraction of sp³-hybridized carbons (Fsp3) is 0.231. The van der Waals surface area contributed by atoms with Crippen molar-refractivity contribution >= 4 is 23.4 Å². The Hall–Kier alpha value is -4.49. The number of nitrogens with one attached hydrogen (secondary N) is 1. The Kier molecular flexibility index (Phi) is 7.96. The van der Waals surface area contributed by atoms with E-state index in [1.165, 1.54) is 31.4 Å². The summed E-state index contributed by atoms with van der Waals surface area (Å²) in [5.74, 6) is -3.85. The first-order valence-corrected chi connectivity index (χ1v) is 10.8. The zero-order chi connectivity index (χ0) is 25.5. The van der Waals surface area contributed by atoms with Crippen molar-refractivity contribution < 1.29 is 28.8 Å². The lowest BCUT2D eigenvalue weighted by Crippen LogP contribution is -2.40. The summed E-state index contributed by atoms with van der Waals surface area (Å²) < 4.78 is 10.2. The quantitative estimate of drug-likeness (QED) is 0.160. The third kappa shape index (κ3) is 5.54. The molecule has 2 aromatic carbocycles. The first-order valence-electron chi connectivity index (χ1n) is 10.8. The zero-order valence-electron chi connectivity index (χ0n) is 19.4. The number of nitro groups is 1. The van der Waals surface area contributed by atoms with Crippen LogP contribution in [0.3, 0.4) is 0 Å². The van der Waals surface area contributed by atoms with Crippen LogP contribution in [0.1, 0.15) is 35.7 Å². The van der Waals surface area contributed by atoms with Crippen LogP contribution in [0.25, 0.3) is 0 Å². The van der Waals surface area contributed by atoms with Crippen LogP contribution in [0, 0.1) is 16.0 Å². The minimum atomic E-state index is -1.14. The topological polar surface area (TPSA) is 125 Å². The number of ether oxygens (including phenoxy) is 2. The Morgan fingerprint density at radius 1 is 1.14 bits per heavy atom. The fourth-order valence-corrected chi connectivity index (χ4v) is 3.94. The van der Waals surface area contributed by atoms with E-state index in [1.807, 2.05) is 0 Å². The molecule has 2 unspecified atom stereocenters. The van der Waals surface area contributed by atoms with Gasteiger partial charge in [0.1, 0.15) is 5.92 Å². The van der Waals surface area contributed by atoms with Crippen LogP contribution in [0.2, 0.25) is 0 Å². The second-order valence-electron chi connectivity index (χ2n) is 7.65. The van der Waals surface area contributed by atoms with Crippen molar-refractivity contribution in [3.63, 3.8) is 0 Å². The number of benzene rings is 2. The summed E-state index contributed by atoms with van der Waals surface area (Å²) in [6.07, 6.45) is 1.20. The number of non-ortho nitro benzene ring substituents is 1. The number of carbonyl (C=O) groups is 3. The number of carbonyl (C=O) groups excluding carboxylic acids is 3. The van der Waals surface area contributed by atoms with E-state index in [0.717, 1.165) is 0 Å². The van der Waals surface area contributed by atoms with Crippen molar-refractivity contribution in [1.29, 1.82) is 0 Å². The summed E-state index contributed by atoms with van der Waals surface area (Å²) in [6, 6.07) is 14.2. The molecule has 0 aliphatic carbocycles. The zero-order valence-corrected chi connectivity index (χ0v) is 19.4. The summed E-state index contributed by atoms with van der Waals surface area (Å²) in [7, 11) is 1.20. The number of allylic oxidation sites excluding steroid dienone is 1. The average Bonchev–Trinajstić information content (AvgIpc) is 2.86. The second kappa shape index (κ2) is 11.1. The monoisotopic (exact) mass is 476 g/mol. The van der Waals surface area contributed by atoms with Crippen LogP contribution >= 0.6 is 0 Å². The Morgan fingerprint density at radius 2 is 1.86 bits per heavy atom. The van der Waals surface area contributed by atoms with Gasteiger partial charge in [-0.3, -0.25) is 19.7 Å². The van der Waals surface area contributed by atoms with E-state index < -0.39 is 28.7 Å². The Bertz CT molecular complexity index is 1260. The number of hydrogen-bond acceptors (Lipinski definition) is 8. The van der Waals surface area contributed by atoms with E-state index in [1.54, 1.807) is 50.2 Å². The van der Waals surface area contributed by atoms with E-state index in [4.69, 9.17) is 9.47 Å². The maximum atomic E-state index is 13.2. The largest absolute Gasteiger partial charge is 0.466 e. The van der Waals surface area contributed by atoms with Gasteiger partial charge in [-0.15, -0.1) is 0 Å². The van der Waals surface area contributed by atoms with Crippen LogP contribution in [-0.2, 0) is 19.1 Å². The van der Waals surface area contributed by atoms with Crippen molar-refractivity contribution in [3.8, 4) is 0 Å². The van der Waals surface area contributed by atoms with Crippen molar-refractivity contribution in [3.05, 3.63) is 105 Å². The van der Waals surface area contributed by atoms with Gasteiger partial charge < -0.3 is 14.8 Å². The van der Waals surface area contributed by atoms with Gasteiger partial charge in [-0.1, -0.05) is 48.2 Å². The number of esters is 2. The van der Waals surface area contributed by atoms with Gasteiger partial charge in [0.2, 0.25) is 0 Å². The van der Waals surface area contributed by atoms with Crippen molar-refractivity contribution in [2.45, 2.75) is 19.8 Å². The summed E-state index contributed by atoms with van der Waals surface area (Å²) in [5, 5.41) is 14.4. The average molecular weight is 476 g/mol. The van der Waals surface area contributed by atoms with Gasteiger partial charge in [-0.2, -0.15) is 0 Å². The Labute approximate surface area is 201 Å². The highest BCUT2D eigenvalue weighted by atomic mass is 16.6. The minimum Gasteiger partial charge on any atom is -0.466 e. The van der Waals surface area contributed by atoms with Crippen LogP contribution < -0.4 is 5.32 Å². The third-order valence-electron chi connectivity index (χ3n) is 5.48. The lowest BCUT2D eigenvalue weighted by atomic mass is 9.75. The molecular formula is C26H24N2O7. The van der Waals surface area contributed by atoms with Gasteiger partial charge in [0.05, 0.1) is 29.9 Å².